The number of Topliss-reactive ketones (excluding diaryl/α,β-unsaturated/α-hetero) is 1. The Morgan fingerprint density at radius 2 is 1.84 bits per heavy atom. The second-order valence-corrected chi connectivity index (χ2v) is 5.59. The molecule has 0 saturated heterocycles. The third-order valence-electron chi connectivity index (χ3n) is 2.35. The van der Waals surface area contributed by atoms with Crippen LogP contribution in [-0.4, -0.2) is 39.7 Å². The minimum absolute atomic E-state index is 0. The van der Waals surface area contributed by atoms with E-state index in [9.17, 15) is 9.59 Å². The fourth-order valence-electron chi connectivity index (χ4n) is 1.39. The number of amides is 1. The molecule has 108 valence electrons. The summed E-state index contributed by atoms with van der Waals surface area (Å²) in [5.74, 6) is 0.940. The van der Waals surface area contributed by atoms with Gasteiger partial charge in [-0.05, 0) is 6.26 Å². The standard InChI is InChI=1S/C13H16NO2SSe.Au/c1-17-8-6-13(16)14-11-4-2-10(3-5-11)12(15)7-9-18;/h2-5H,6-9H2,1H3,(H,14,16);. The minimum Gasteiger partial charge on any atom is 0 e. The number of hydrogen-bond donors (Lipinski definition) is 1. The number of carbonyl (C=O) groups is 2. The summed E-state index contributed by atoms with van der Waals surface area (Å²) in [7, 11) is 0. The summed E-state index contributed by atoms with van der Waals surface area (Å²) in [6, 6.07) is 7.04. The monoisotopic (exact) mass is 527 g/mol. The van der Waals surface area contributed by atoms with Gasteiger partial charge in [0.2, 0.25) is 0 Å². The summed E-state index contributed by atoms with van der Waals surface area (Å²) in [5.41, 5.74) is 1.42. The number of rotatable bonds is 7. The zero-order valence-corrected chi connectivity index (χ0v) is 15.3. The first-order valence-electron chi connectivity index (χ1n) is 5.67. The zero-order valence-electron chi connectivity index (χ0n) is 10.6. The van der Waals surface area contributed by atoms with Crippen molar-refractivity contribution in [2.24, 2.45) is 0 Å². The van der Waals surface area contributed by atoms with E-state index in [-0.39, 0.29) is 34.1 Å². The number of thioether (sulfide) groups is 1. The Kier molecular flexibility index (Phi) is 10.7. The number of ketones is 1. The Morgan fingerprint density at radius 3 is 2.37 bits per heavy atom. The van der Waals surface area contributed by atoms with Crippen LogP contribution in [0.15, 0.2) is 24.3 Å². The van der Waals surface area contributed by atoms with Crippen LogP contribution >= 0.6 is 11.8 Å². The molecule has 0 bridgehead atoms. The molecule has 1 aromatic carbocycles. The van der Waals surface area contributed by atoms with Gasteiger partial charge in [-0.3, -0.25) is 0 Å². The molecule has 1 amide bonds. The summed E-state index contributed by atoms with van der Waals surface area (Å²) in [6.45, 7) is 0. The van der Waals surface area contributed by atoms with Gasteiger partial charge in [0, 0.05) is 22.4 Å². The molecule has 0 atom stereocenters. The molecule has 1 rings (SSSR count). The van der Waals surface area contributed by atoms with Crippen molar-refractivity contribution < 1.29 is 32.0 Å². The predicted molar refractivity (Wildman–Crippen MR) is 77.6 cm³/mol. The van der Waals surface area contributed by atoms with Gasteiger partial charge in [0.15, 0.2) is 0 Å². The van der Waals surface area contributed by atoms with Crippen LogP contribution in [0.4, 0.5) is 5.69 Å². The van der Waals surface area contributed by atoms with Gasteiger partial charge in [-0.15, -0.1) is 0 Å². The van der Waals surface area contributed by atoms with Crippen LogP contribution in [-0.2, 0) is 27.2 Å². The van der Waals surface area contributed by atoms with E-state index in [2.05, 4.69) is 21.3 Å². The SMILES string of the molecule is CSCCC(=O)Nc1ccc(C(=O)CC[Se])cc1.[Au]. The van der Waals surface area contributed by atoms with E-state index in [1.165, 1.54) is 0 Å². The van der Waals surface area contributed by atoms with E-state index in [0.717, 1.165) is 16.8 Å². The summed E-state index contributed by atoms with van der Waals surface area (Å²) in [4.78, 5) is 23.1. The Balaban J connectivity index is 0.00000324. The van der Waals surface area contributed by atoms with Crippen molar-refractivity contribution in [3.63, 3.8) is 0 Å². The minimum atomic E-state index is 0. The van der Waals surface area contributed by atoms with E-state index in [1.54, 1.807) is 36.0 Å². The van der Waals surface area contributed by atoms with Crippen molar-refractivity contribution >= 4 is 45.2 Å². The van der Waals surface area contributed by atoms with Crippen molar-refractivity contribution in [3.8, 4) is 0 Å². The summed E-state index contributed by atoms with van der Waals surface area (Å²) < 4.78 is 0. The van der Waals surface area contributed by atoms with Crippen molar-refractivity contribution in [2.45, 2.75) is 18.2 Å². The maximum absolute atomic E-state index is 11.6. The zero-order chi connectivity index (χ0) is 13.4. The molecule has 0 heterocycles. The number of anilines is 1. The van der Waals surface area contributed by atoms with Crippen molar-refractivity contribution in [1.29, 1.82) is 0 Å². The topological polar surface area (TPSA) is 46.2 Å². The number of benzene rings is 1. The van der Waals surface area contributed by atoms with Crippen molar-refractivity contribution in [2.75, 3.05) is 17.3 Å². The average Bonchev–Trinajstić information content (AvgIpc) is 2.37. The fourth-order valence-corrected chi connectivity index (χ4v) is 2.17. The molecule has 0 aliphatic carbocycles. The van der Waals surface area contributed by atoms with Gasteiger partial charge in [-0.2, -0.15) is 0 Å². The first-order chi connectivity index (χ1) is 8.67. The van der Waals surface area contributed by atoms with Crippen LogP contribution in [0.5, 0.6) is 0 Å². The second kappa shape index (κ2) is 10.7. The number of carbonyl (C=O) groups excluding carboxylic acids is 2. The third-order valence-corrected chi connectivity index (χ3v) is 3.39. The molecule has 0 spiro atoms. The first-order valence-corrected chi connectivity index (χ1v) is 8.28. The van der Waals surface area contributed by atoms with E-state index in [1.807, 2.05) is 6.26 Å². The Bertz CT molecular complexity index is 412. The molecule has 19 heavy (non-hydrogen) atoms. The van der Waals surface area contributed by atoms with Crippen LogP contribution in [0.1, 0.15) is 23.2 Å². The quantitative estimate of drug-likeness (QED) is 0.439. The fraction of sp³-hybridized carbons (Fsp3) is 0.385. The molecule has 0 fully saturated rings. The van der Waals surface area contributed by atoms with Crippen LogP contribution < -0.4 is 5.32 Å². The van der Waals surface area contributed by atoms with Gasteiger partial charge in [0.05, 0.1) is 0 Å². The van der Waals surface area contributed by atoms with E-state index in [0.29, 0.717) is 18.4 Å². The molecule has 1 aromatic rings. The molecule has 0 aromatic heterocycles. The van der Waals surface area contributed by atoms with Gasteiger partial charge in [-0.25, -0.2) is 0 Å². The molecule has 6 heteroatoms. The van der Waals surface area contributed by atoms with Gasteiger partial charge >= 0.3 is 114 Å². The van der Waals surface area contributed by atoms with Crippen LogP contribution in [0.2, 0.25) is 5.32 Å². The molecular weight excluding hydrogens is 510 g/mol. The van der Waals surface area contributed by atoms with Crippen LogP contribution in [0.3, 0.4) is 0 Å². The number of nitrogens with one attached hydrogen (secondary N) is 1. The Morgan fingerprint density at radius 1 is 1.21 bits per heavy atom. The second-order valence-electron chi connectivity index (χ2n) is 3.75. The summed E-state index contributed by atoms with van der Waals surface area (Å²) >= 11 is 4.46. The van der Waals surface area contributed by atoms with Gasteiger partial charge in [0.25, 0.3) is 0 Å². The molecular formula is C13H16AuNO2SSe. The van der Waals surface area contributed by atoms with Crippen LogP contribution in [0, 0.1) is 0 Å². The first kappa shape index (κ1) is 19.0. The predicted octanol–water partition coefficient (Wildman–Crippen LogP) is 2.54. The van der Waals surface area contributed by atoms with Gasteiger partial charge in [0.1, 0.15) is 0 Å². The van der Waals surface area contributed by atoms with E-state index >= 15 is 0 Å². The Labute approximate surface area is 142 Å². The van der Waals surface area contributed by atoms with E-state index < -0.39 is 0 Å². The third kappa shape index (κ3) is 7.35. The van der Waals surface area contributed by atoms with Gasteiger partial charge in [-0.1, -0.05) is 0 Å². The number of hydrogen-bond acceptors (Lipinski definition) is 3. The Hall–Kier alpha value is -0.0303. The normalized spacial score (nSPS) is 9.58. The van der Waals surface area contributed by atoms with Crippen molar-refractivity contribution in [3.05, 3.63) is 29.8 Å². The maximum atomic E-state index is 11.6. The van der Waals surface area contributed by atoms with Crippen LogP contribution in [0.25, 0.3) is 0 Å². The average molecular weight is 526 g/mol. The molecule has 1 N–H and O–H groups in total. The molecule has 0 aliphatic rings. The summed E-state index contributed by atoms with van der Waals surface area (Å²) in [5, 5.41) is 3.53. The maximum Gasteiger partial charge on any atom is 0 e. The smallest absolute Gasteiger partial charge is 0 e. The molecule has 0 saturated carbocycles. The molecule has 0 unspecified atom stereocenters. The van der Waals surface area contributed by atoms with Gasteiger partial charge < -0.3 is 0 Å². The largest absolute Gasteiger partial charge is 0 e. The van der Waals surface area contributed by atoms with Crippen molar-refractivity contribution in [1.82, 2.24) is 0 Å². The molecule has 0 aliphatic heterocycles. The molecule has 2 radical (unpaired) electrons. The van der Waals surface area contributed by atoms with E-state index in [4.69, 9.17) is 0 Å². The summed E-state index contributed by atoms with van der Waals surface area (Å²) in [6.07, 6.45) is 2.99. The molecule has 3 nitrogen and oxygen atoms in total.